The Hall–Kier alpha value is -3.16. The fourth-order valence-electron chi connectivity index (χ4n) is 3.31. The minimum Gasteiger partial charge on any atom is -0.317 e. The van der Waals surface area contributed by atoms with Crippen molar-refractivity contribution in [3.05, 3.63) is 54.0 Å². The van der Waals surface area contributed by atoms with Gasteiger partial charge >= 0.3 is 6.03 Å². The normalized spacial score (nSPS) is 16.4. The van der Waals surface area contributed by atoms with E-state index < -0.39 is 0 Å². The Bertz CT molecular complexity index is 942. The highest BCUT2D eigenvalue weighted by molar-refractivity contribution is 5.88. The number of benzene rings is 1. The number of nitrogens with zero attached hydrogens (tertiary/aromatic N) is 6. The van der Waals surface area contributed by atoms with Gasteiger partial charge in [-0.25, -0.2) is 4.79 Å². The molecular weight excluding hydrogens is 330 g/mol. The minimum atomic E-state index is -0.148. The number of urea groups is 1. The lowest BCUT2D eigenvalue weighted by Gasteiger charge is -2.27. The molecule has 2 amide bonds. The largest absolute Gasteiger partial charge is 0.323 e. The Kier molecular flexibility index (Phi) is 3.48. The number of nitrogens with one attached hydrogen (secondary N) is 1. The van der Waals surface area contributed by atoms with Crippen molar-refractivity contribution in [2.75, 3.05) is 11.9 Å². The number of hydrogen-bond donors (Lipinski definition) is 1. The summed E-state index contributed by atoms with van der Waals surface area (Å²) >= 11 is 0. The molecule has 1 aliphatic heterocycles. The van der Waals surface area contributed by atoms with Gasteiger partial charge in [-0.3, -0.25) is 10.00 Å². The van der Waals surface area contributed by atoms with E-state index in [2.05, 4.69) is 26.8 Å². The molecule has 8 heteroatoms. The molecule has 0 saturated heterocycles. The van der Waals surface area contributed by atoms with Crippen LogP contribution in [0.5, 0.6) is 0 Å². The van der Waals surface area contributed by atoms with Crippen molar-refractivity contribution in [2.45, 2.75) is 31.8 Å². The summed E-state index contributed by atoms with van der Waals surface area (Å²) in [5.74, 6) is 1.18. The van der Waals surface area contributed by atoms with Crippen molar-refractivity contribution >= 4 is 11.8 Å². The lowest BCUT2D eigenvalue weighted by molar-refractivity contribution is 0.194. The number of aromatic nitrogens is 5. The summed E-state index contributed by atoms with van der Waals surface area (Å²) in [6.45, 7) is 1.93. The molecule has 1 N–H and O–H groups in total. The van der Waals surface area contributed by atoms with Crippen LogP contribution in [0.2, 0.25) is 0 Å². The fraction of sp³-hybridized carbons (Fsp3) is 0.333. The Morgan fingerprint density at radius 1 is 1.15 bits per heavy atom. The van der Waals surface area contributed by atoms with Gasteiger partial charge in [-0.05, 0) is 31.0 Å². The van der Waals surface area contributed by atoms with Gasteiger partial charge in [0, 0.05) is 12.5 Å². The summed E-state index contributed by atoms with van der Waals surface area (Å²) in [4.78, 5) is 14.5. The molecule has 0 unspecified atom stereocenters. The van der Waals surface area contributed by atoms with E-state index in [1.54, 1.807) is 15.8 Å². The molecule has 0 atom stereocenters. The van der Waals surface area contributed by atoms with Gasteiger partial charge < -0.3 is 4.90 Å². The molecule has 1 aromatic carbocycles. The minimum absolute atomic E-state index is 0.148. The summed E-state index contributed by atoms with van der Waals surface area (Å²) in [6.07, 6.45) is 4.03. The van der Waals surface area contributed by atoms with Gasteiger partial charge in [-0.15, -0.1) is 5.10 Å². The number of carbonyl (C=O) groups excluding carboxylic acids is 1. The van der Waals surface area contributed by atoms with Gasteiger partial charge in [-0.1, -0.05) is 23.4 Å². The smallest absolute Gasteiger partial charge is 0.317 e. The first kappa shape index (κ1) is 15.1. The van der Waals surface area contributed by atoms with Crippen LogP contribution in [-0.4, -0.2) is 42.3 Å². The zero-order chi connectivity index (χ0) is 17.5. The van der Waals surface area contributed by atoms with E-state index in [1.165, 1.54) is 18.5 Å². The third-order valence-corrected chi connectivity index (χ3v) is 4.88. The van der Waals surface area contributed by atoms with Crippen molar-refractivity contribution in [1.29, 1.82) is 0 Å². The first-order valence-corrected chi connectivity index (χ1v) is 8.86. The average molecular weight is 349 g/mol. The van der Waals surface area contributed by atoms with Crippen molar-refractivity contribution in [3.63, 3.8) is 0 Å². The lowest BCUT2D eigenvalue weighted by atomic mass is 10.2. The molecule has 3 heterocycles. The lowest BCUT2D eigenvalue weighted by Crippen LogP contribution is -2.41. The summed E-state index contributed by atoms with van der Waals surface area (Å²) in [6, 6.07) is 11.6. The molecule has 0 bridgehead atoms. The molecule has 26 heavy (non-hydrogen) atoms. The molecule has 5 rings (SSSR count). The monoisotopic (exact) mass is 349 g/mol. The number of hydrogen-bond acceptors (Lipinski definition) is 4. The first-order chi connectivity index (χ1) is 12.8. The maximum Gasteiger partial charge on any atom is 0.323 e. The Morgan fingerprint density at radius 2 is 2.00 bits per heavy atom. The summed E-state index contributed by atoms with van der Waals surface area (Å²) in [5, 5.41) is 15.6. The highest BCUT2D eigenvalue weighted by Gasteiger charge is 2.29. The summed E-state index contributed by atoms with van der Waals surface area (Å²) in [7, 11) is 0. The van der Waals surface area contributed by atoms with Crippen LogP contribution in [0.25, 0.3) is 5.69 Å². The van der Waals surface area contributed by atoms with E-state index in [4.69, 9.17) is 0 Å². The Labute approximate surface area is 150 Å². The number of para-hydroxylation sites is 1. The van der Waals surface area contributed by atoms with Crippen molar-refractivity contribution in [1.82, 2.24) is 29.7 Å². The molecule has 1 fully saturated rings. The molecule has 0 spiro atoms. The van der Waals surface area contributed by atoms with Gasteiger partial charge in [0.15, 0.2) is 5.82 Å². The van der Waals surface area contributed by atoms with E-state index in [-0.39, 0.29) is 6.03 Å². The standard InChI is InChI=1S/C18H19N7O/c26-18(20-17-11-19-22-25(17)14-4-2-1-3-5-14)23-8-9-24-15(12-23)10-16(21-24)13-6-7-13/h1-5,10-11,13H,6-9,12H2,(H,20,26). The molecule has 2 aliphatic rings. The fourth-order valence-corrected chi connectivity index (χ4v) is 3.31. The summed E-state index contributed by atoms with van der Waals surface area (Å²) < 4.78 is 3.66. The van der Waals surface area contributed by atoms with E-state index in [0.29, 0.717) is 24.8 Å². The van der Waals surface area contributed by atoms with Crippen LogP contribution in [0, 0.1) is 0 Å². The Balaban J connectivity index is 1.31. The van der Waals surface area contributed by atoms with Gasteiger partial charge in [0.05, 0.1) is 36.4 Å². The molecule has 8 nitrogen and oxygen atoms in total. The SMILES string of the molecule is O=C(Nc1cnnn1-c1ccccc1)N1CCn2nc(C3CC3)cc2C1. The molecule has 1 aliphatic carbocycles. The van der Waals surface area contributed by atoms with Crippen molar-refractivity contribution in [3.8, 4) is 5.69 Å². The second kappa shape index (κ2) is 5.98. The number of anilines is 1. The molecule has 1 saturated carbocycles. The second-order valence-corrected chi connectivity index (χ2v) is 6.78. The first-order valence-electron chi connectivity index (χ1n) is 8.86. The highest BCUT2D eigenvalue weighted by atomic mass is 16.2. The van der Waals surface area contributed by atoms with E-state index >= 15 is 0 Å². The van der Waals surface area contributed by atoms with E-state index in [1.807, 2.05) is 35.0 Å². The van der Waals surface area contributed by atoms with Gasteiger partial charge in [0.25, 0.3) is 0 Å². The summed E-state index contributed by atoms with van der Waals surface area (Å²) in [5.41, 5.74) is 3.13. The maximum atomic E-state index is 12.7. The predicted octanol–water partition coefficient (Wildman–Crippen LogP) is 2.39. The van der Waals surface area contributed by atoms with Crippen LogP contribution in [-0.2, 0) is 13.1 Å². The van der Waals surface area contributed by atoms with Gasteiger partial charge in [0.1, 0.15) is 0 Å². The Morgan fingerprint density at radius 3 is 2.81 bits per heavy atom. The zero-order valence-corrected chi connectivity index (χ0v) is 14.2. The van der Waals surface area contributed by atoms with Crippen molar-refractivity contribution in [2.24, 2.45) is 0 Å². The molecular formula is C18H19N7O. The van der Waals surface area contributed by atoms with Crippen LogP contribution >= 0.6 is 0 Å². The van der Waals surface area contributed by atoms with Crippen LogP contribution in [0.4, 0.5) is 10.6 Å². The van der Waals surface area contributed by atoms with Crippen LogP contribution in [0.15, 0.2) is 42.6 Å². The third kappa shape index (κ3) is 2.73. The third-order valence-electron chi connectivity index (χ3n) is 4.88. The predicted molar refractivity (Wildman–Crippen MR) is 95.0 cm³/mol. The number of amides is 2. The quantitative estimate of drug-likeness (QED) is 0.787. The van der Waals surface area contributed by atoms with Crippen molar-refractivity contribution < 1.29 is 4.79 Å². The van der Waals surface area contributed by atoms with Gasteiger partial charge in [0.2, 0.25) is 0 Å². The maximum absolute atomic E-state index is 12.7. The topological polar surface area (TPSA) is 80.9 Å². The molecule has 3 aromatic rings. The molecule has 0 radical (unpaired) electrons. The number of carbonyl (C=O) groups is 1. The molecule has 132 valence electrons. The second-order valence-electron chi connectivity index (χ2n) is 6.78. The average Bonchev–Trinajstić information content (AvgIpc) is 3.27. The number of fused-ring (bicyclic) bond motifs is 1. The van der Waals surface area contributed by atoms with E-state index in [0.717, 1.165) is 17.9 Å². The van der Waals surface area contributed by atoms with E-state index in [9.17, 15) is 4.79 Å². The molecule has 2 aromatic heterocycles. The zero-order valence-electron chi connectivity index (χ0n) is 14.2. The van der Waals surface area contributed by atoms with Gasteiger partial charge in [-0.2, -0.15) is 9.78 Å². The van der Waals surface area contributed by atoms with Crippen LogP contribution in [0.1, 0.15) is 30.1 Å². The van der Waals surface area contributed by atoms with Crippen LogP contribution < -0.4 is 5.32 Å². The van der Waals surface area contributed by atoms with Crippen LogP contribution in [0.3, 0.4) is 0 Å². The number of rotatable bonds is 3. The highest BCUT2D eigenvalue weighted by Crippen LogP contribution is 2.39.